The number of rotatable bonds is 5. The van der Waals surface area contributed by atoms with E-state index in [1.807, 2.05) is 20.8 Å². The van der Waals surface area contributed by atoms with Crippen molar-refractivity contribution in [3.05, 3.63) is 0 Å². The SMILES string of the molecule is C#C[Si](OCC#C[C@@H](C)NC(=O)OC(C)(C)C)(C(C)C)C(C)C. The van der Waals surface area contributed by atoms with Gasteiger partial charge < -0.3 is 14.5 Å². The molecule has 0 unspecified atom stereocenters. The van der Waals surface area contributed by atoms with Crippen LogP contribution in [-0.2, 0) is 9.16 Å². The second kappa shape index (κ2) is 9.01. The summed E-state index contributed by atoms with van der Waals surface area (Å²) < 4.78 is 11.2. The van der Waals surface area contributed by atoms with E-state index in [4.69, 9.17) is 15.6 Å². The normalized spacial score (nSPS) is 13.1. The number of carbonyl (C=O) groups is 1. The molecule has 0 aromatic rings. The van der Waals surface area contributed by atoms with Crippen molar-refractivity contribution < 1.29 is 14.0 Å². The van der Waals surface area contributed by atoms with Gasteiger partial charge in [0.25, 0.3) is 8.32 Å². The summed E-state index contributed by atoms with van der Waals surface area (Å²) in [5.41, 5.74) is 3.05. The van der Waals surface area contributed by atoms with Gasteiger partial charge in [-0.25, -0.2) is 4.79 Å². The Morgan fingerprint density at radius 3 is 2.09 bits per heavy atom. The van der Waals surface area contributed by atoms with E-state index < -0.39 is 20.0 Å². The summed E-state index contributed by atoms with van der Waals surface area (Å²) in [7, 11) is -2.25. The zero-order valence-corrected chi connectivity index (χ0v) is 16.7. The number of nitrogens with one attached hydrogen (secondary N) is 1. The van der Waals surface area contributed by atoms with Crippen LogP contribution in [0, 0.1) is 23.8 Å². The van der Waals surface area contributed by atoms with Gasteiger partial charge in [-0.1, -0.05) is 39.5 Å². The van der Waals surface area contributed by atoms with Crippen molar-refractivity contribution in [3.63, 3.8) is 0 Å². The first-order chi connectivity index (χ1) is 10.4. The predicted octanol–water partition coefficient (Wildman–Crippen LogP) is 3.86. The molecule has 0 aliphatic carbocycles. The molecule has 0 aromatic carbocycles. The molecule has 0 rings (SSSR count). The highest BCUT2D eigenvalue weighted by Gasteiger charge is 2.40. The third-order valence-corrected chi connectivity index (χ3v) is 7.88. The Bertz CT molecular complexity index is 481. The molecule has 1 N–H and O–H groups in total. The molecule has 0 saturated heterocycles. The number of hydrogen-bond acceptors (Lipinski definition) is 3. The molecule has 0 heterocycles. The number of terminal acetylenes is 1. The van der Waals surface area contributed by atoms with Gasteiger partial charge in [-0.15, -0.1) is 12.0 Å². The van der Waals surface area contributed by atoms with Crippen LogP contribution in [0.2, 0.25) is 11.1 Å². The zero-order chi connectivity index (χ0) is 18.3. The Labute approximate surface area is 142 Å². The molecule has 1 amide bonds. The average molecular weight is 338 g/mol. The van der Waals surface area contributed by atoms with Crippen molar-refractivity contribution in [1.29, 1.82) is 0 Å². The minimum Gasteiger partial charge on any atom is -0.444 e. The lowest BCUT2D eigenvalue weighted by molar-refractivity contribution is 0.0519. The fraction of sp³-hybridized carbons (Fsp3) is 0.722. The Balaban J connectivity index is 4.57. The first-order valence-corrected chi connectivity index (χ1v) is 10.1. The van der Waals surface area contributed by atoms with E-state index in [-0.39, 0.29) is 12.6 Å². The molecule has 23 heavy (non-hydrogen) atoms. The van der Waals surface area contributed by atoms with Crippen LogP contribution in [0.1, 0.15) is 55.4 Å². The molecule has 0 radical (unpaired) electrons. The van der Waals surface area contributed by atoms with Crippen molar-refractivity contribution in [2.45, 2.75) is 78.1 Å². The molecule has 130 valence electrons. The monoisotopic (exact) mass is 337 g/mol. The van der Waals surface area contributed by atoms with Crippen LogP contribution in [0.5, 0.6) is 0 Å². The van der Waals surface area contributed by atoms with Crippen LogP contribution < -0.4 is 5.32 Å². The van der Waals surface area contributed by atoms with Gasteiger partial charge in [0.15, 0.2) is 0 Å². The van der Waals surface area contributed by atoms with Crippen molar-refractivity contribution >= 4 is 14.4 Å². The number of carbonyl (C=O) groups excluding carboxylic acids is 1. The molecular formula is C18H31NO3Si. The van der Waals surface area contributed by atoms with E-state index in [1.165, 1.54) is 0 Å². The molecular weight excluding hydrogens is 306 g/mol. The van der Waals surface area contributed by atoms with E-state index in [1.54, 1.807) is 6.92 Å². The van der Waals surface area contributed by atoms with E-state index >= 15 is 0 Å². The fourth-order valence-electron chi connectivity index (χ4n) is 2.25. The van der Waals surface area contributed by atoms with Crippen LogP contribution in [0.25, 0.3) is 0 Å². The van der Waals surface area contributed by atoms with Gasteiger partial charge in [-0.05, 0) is 38.8 Å². The lowest BCUT2D eigenvalue weighted by Gasteiger charge is -2.32. The number of hydrogen-bond donors (Lipinski definition) is 1. The molecule has 0 bridgehead atoms. The lowest BCUT2D eigenvalue weighted by atomic mass is 10.2. The fourth-order valence-corrected chi connectivity index (χ4v) is 5.31. The van der Waals surface area contributed by atoms with E-state index in [0.29, 0.717) is 11.1 Å². The summed E-state index contributed by atoms with van der Waals surface area (Å²) in [4.78, 5) is 11.6. The molecule has 1 atom stereocenters. The minimum absolute atomic E-state index is 0.285. The lowest BCUT2D eigenvalue weighted by Crippen LogP contribution is -2.43. The van der Waals surface area contributed by atoms with Gasteiger partial charge in [0.05, 0.1) is 12.6 Å². The predicted molar refractivity (Wildman–Crippen MR) is 97.3 cm³/mol. The number of ether oxygens (including phenoxy) is 1. The summed E-state index contributed by atoms with van der Waals surface area (Å²) in [5, 5.41) is 2.67. The van der Waals surface area contributed by atoms with Crippen molar-refractivity contribution in [2.75, 3.05) is 6.61 Å². The highest BCUT2D eigenvalue weighted by molar-refractivity contribution is 6.84. The van der Waals surface area contributed by atoms with Crippen LogP contribution in [0.3, 0.4) is 0 Å². The molecule has 5 heteroatoms. The Hall–Kier alpha value is -1.43. The van der Waals surface area contributed by atoms with Crippen LogP contribution in [-0.4, -0.2) is 32.7 Å². The maximum absolute atomic E-state index is 11.6. The van der Waals surface area contributed by atoms with E-state index in [2.05, 4.69) is 50.4 Å². The van der Waals surface area contributed by atoms with E-state index in [9.17, 15) is 4.79 Å². The van der Waals surface area contributed by atoms with Gasteiger partial charge in [-0.3, -0.25) is 0 Å². The molecule has 0 aliphatic heterocycles. The Kier molecular flexibility index (Phi) is 8.45. The molecule has 0 aliphatic rings. The largest absolute Gasteiger partial charge is 0.444 e. The standard InChI is InChI=1S/C18H31NO3Si/c1-10-23(14(2)3,15(4)5)21-13-11-12-16(6)19-17(20)22-18(7,8)9/h1,14-16H,13H2,2-9H3,(H,19,20)/t16-/m1/s1. The Morgan fingerprint density at radius 2 is 1.70 bits per heavy atom. The second-order valence-corrected chi connectivity index (χ2v) is 11.7. The van der Waals surface area contributed by atoms with Gasteiger partial charge in [0, 0.05) is 0 Å². The summed E-state index contributed by atoms with van der Waals surface area (Å²) in [5.74, 6) is 5.89. The minimum atomic E-state index is -2.25. The van der Waals surface area contributed by atoms with Crippen LogP contribution in [0.15, 0.2) is 0 Å². The first kappa shape index (κ1) is 21.6. The number of alkyl carbamates (subject to hydrolysis) is 1. The third kappa shape index (κ3) is 7.59. The average Bonchev–Trinajstić information content (AvgIpc) is 2.35. The van der Waals surface area contributed by atoms with Crippen molar-refractivity contribution in [3.8, 4) is 23.8 Å². The maximum atomic E-state index is 11.6. The van der Waals surface area contributed by atoms with Crippen LogP contribution in [0.4, 0.5) is 4.79 Å². The molecule has 4 nitrogen and oxygen atoms in total. The second-order valence-electron chi connectivity index (χ2n) is 7.22. The molecule has 0 aromatic heterocycles. The highest BCUT2D eigenvalue weighted by Crippen LogP contribution is 2.32. The van der Waals surface area contributed by atoms with Crippen molar-refractivity contribution in [2.24, 2.45) is 0 Å². The van der Waals surface area contributed by atoms with Gasteiger partial charge >= 0.3 is 6.09 Å². The first-order valence-electron chi connectivity index (χ1n) is 8.04. The Morgan fingerprint density at radius 1 is 1.17 bits per heavy atom. The molecule has 0 saturated carbocycles. The van der Waals surface area contributed by atoms with Crippen LogP contribution >= 0.6 is 0 Å². The van der Waals surface area contributed by atoms with Gasteiger partial charge in [-0.2, -0.15) is 0 Å². The summed E-state index contributed by atoms with van der Waals surface area (Å²) in [6, 6.07) is -0.312. The van der Waals surface area contributed by atoms with E-state index in [0.717, 1.165) is 0 Å². The number of amides is 1. The maximum Gasteiger partial charge on any atom is 0.408 e. The quantitative estimate of drug-likeness (QED) is 0.612. The summed E-state index contributed by atoms with van der Waals surface area (Å²) >= 11 is 0. The summed E-state index contributed by atoms with van der Waals surface area (Å²) in [6.07, 6.45) is 5.27. The molecule has 0 fully saturated rings. The van der Waals surface area contributed by atoms with Gasteiger partial charge in [0.1, 0.15) is 5.60 Å². The van der Waals surface area contributed by atoms with Gasteiger partial charge in [0.2, 0.25) is 0 Å². The highest BCUT2D eigenvalue weighted by atomic mass is 28.4. The smallest absolute Gasteiger partial charge is 0.408 e. The topological polar surface area (TPSA) is 47.6 Å². The molecule has 0 spiro atoms. The summed E-state index contributed by atoms with van der Waals surface area (Å²) in [6.45, 7) is 16.0. The third-order valence-electron chi connectivity index (χ3n) is 3.38. The zero-order valence-electron chi connectivity index (χ0n) is 15.7. The van der Waals surface area contributed by atoms with Crippen molar-refractivity contribution in [1.82, 2.24) is 5.32 Å².